The number of aryl methyl sites for hydroxylation is 1. The number of carbonyl (C=O) groups excluding carboxylic acids is 1. The van der Waals surface area contributed by atoms with E-state index in [1.807, 2.05) is 18.2 Å². The number of nitrogens with zero attached hydrogens (tertiary/aromatic N) is 6. The SMILES string of the molecule is COC(=O)Nc1ccc2c(c1)CCCCCCC(n1cnc(-c3cc(Cl)ccc3-n3cc(Cl)nn3)cc1=O)c1ncc-2[nH]1. The number of aromatic amines is 1. The van der Waals surface area contributed by atoms with Crippen molar-refractivity contribution in [2.24, 2.45) is 0 Å². The second kappa shape index (κ2) is 12.4. The highest BCUT2D eigenvalue weighted by Gasteiger charge is 2.22. The molecule has 0 spiro atoms. The lowest BCUT2D eigenvalue weighted by Crippen LogP contribution is -2.26. The molecule has 0 saturated carbocycles. The van der Waals surface area contributed by atoms with E-state index in [1.54, 1.807) is 41.5 Å². The van der Waals surface area contributed by atoms with Crippen molar-refractivity contribution < 1.29 is 9.53 Å². The second-order valence-corrected chi connectivity index (χ2v) is 11.1. The molecule has 1 aliphatic rings. The minimum absolute atomic E-state index is 0.221. The number of imidazole rings is 1. The number of methoxy groups -OCH3 is 1. The summed E-state index contributed by atoms with van der Waals surface area (Å²) in [7, 11) is 1.34. The Hall–Kier alpha value is -4.48. The van der Waals surface area contributed by atoms with Gasteiger partial charge in [0.1, 0.15) is 5.82 Å². The van der Waals surface area contributed by atoms with Crippen LogP contribution >= 0.6 is 23.2 Å². The standard InChI is InChI=1S/C30H28Cl2N8O3/c1-43-30(42)35-20-9-10-21-18(12-20)6-4-2-3-5-7-26(29-33-15-24(21)36-29)39-17-34-23(14-28(39)41)22-13-19(31)8-11-25(22)40-16-27(32)37-38-40/h8-17,26H,2-7H2,1H3,(H,33,36)(H,35,42). The van der Waals surface area contributed by atoms with Gasteiger partial charge in [-0.1, -0.05) is 53.7 Å². The number of carbonyl (C=O) groups is 1. The Morgan fingerprint density at radius 1 is 1.05 bits per heavy atom. The smallest absolute Gasteiger partial charge is 0.411 e. The first-order valence-corrected chi connectivity index (χ1v) is 14.6. The molecule has 3 aromatic heterocycles. The highest BCUT2D eigenvalue weighted by atomic mass is 35.5. The molecule has 0 aliphatic carbocycles. The van der Waals surface area contributed by atoms with Crippen molar-refractivity contribution in [1.29, 1.82) is 0 Å². The Morgan fingerprint density at radius 2 is 1.91 bits per heavy atom. The van der Waals surface area contributed by atoms with Crippen LogP contribution in [0, 0.1) is 0 Å². The quantitative estimate of drug-likeness (QED) is 0.236. The van der Waals surface area contributed by atoms with E-state index in [1.165, 1.54) is 17.9 Å². The third kappa shape index (κ3) is 6.18. The van der Waals surface area contributed by atoms with Crippen LogP contribution in [-0.2, 0) is 11.2 Å². The van der Waals surface area contributed by atoms with Crippen LogP contribution in [0.5, 0.6) is 0 Å². The molecule has 6 rings (SSSR count). The Balaban J connectivity index is 1.36. The zero-order chi connectivity index (χ0) is 29.9. The normalized spacial score (nSPS) is 15.2. The van der Waals surface area contributed by atoms with Crippen LogP contribution in [0.1, 0.15) is 49.5 Å². The Bertz CT molecular complexity index is 1850. The van der Waals surface area contributed by atoms with Gasteiger partial charge in [-0.25, -0.2) is 19.4 Å². The summed E-state index contributed by atoms with van der Waals surface area (Å²) in [5, 5.41) is 11.4. The van der Waals surface area contributed by atoms with Gasteiger partial charge >= 0.3 is 6.09 Å². The van der Waals surface area contributed by atoms with Crippen LogP contribution in [-0.4, -0.2) is 47.7 Å². The second-order valence-electron chi connectivity index (χ2n) is 10.3. The van der Waals surface area contributed by atoms with Gasteiger partial charge in [0.25, 0.3) is 5.56 Å². The van der Waals surface area contributed by atoms with E-state index in [-0.39, 0.29) is 16.8 Å². The highest BCUT2D eigenvalue weighted by molar-refractivity contribution is 6.31. The van der Waals surface area contributed by atoms with Crippen LogP contribution in [0.2, 0.25) is 10.2 Å². The molecule has 1 amide bonds. The van der Waals surface area contributed by atoms with Gasteiger partial charge in [-0.15, -0.1) is 5.10 Å². The number of nitrogens with one attached hydrogen (secondary N) is 2. The average molecular weight is 620 g/mol. The van der Waals surface area contributed by atoms with Gasteiger partial charge in [-0.3, -0.25) is 14.7 Å². The van der Waals surface area contributed by atoms with Crippen molar-refractivity contribution in [1.82, 2.24) is 34.5 Å². The summed E-state index contributed by atoms with van der Waals surface area (Å²) in [4.78, 5) is 38.2. The Kier molecular flexibility index (Phi) is 8.26. The molecule has 0 saturated heterocycles. The van der Waals surface area contributed by atoms with Gasteiger partial charge in [0.2, 0.25) is 0 Å². The molecule has 13 heteroatoms. The third-order valence-corrected chi connectivity index (χ3v) is 7.94. The van der Waals surface area contributed by atoms with E-state index >= 15 is 0 Å². The maximum atomic E-state index is 13.6. The zero-order valence-corrected chi connectivity index (χ0v) is 24.8. The molecule has 2 aromatic carbocycles. The van der Waals surface area contributed by atoms with Crippen molar-refractivity contribution in [3.8, 4) is 28.2 Å². The number of halogens is 2. The van der Waals surface area contributed by atoms with E-state index in [0.29, 0.717) is 33.5 Å². The van der Waals surface area contributed by atoms with Gasteiger partial charge in [0.15, 0.2) is 5.15 Å². The van der Waals surface area contributed by atoms with Crippen molar-refractivity contribution in [2.45, 2.75) is 44.6 Å². The molecule has 2 N–H and O–H groups in total. The summed E-state index contributed by atoms with van der Waals surface area (Å²) in [6, 6.07) is 12.2. The summed E-state index contributed by atoms with van der Waals surface area (Å²) in [5.41, 5.74) is 5.08. The van der Waals surface area contributed by atoms with Crippen LogP contribution in [0.25, 0.3) is 28.2 Å². The molecule has 0 radical (unpaired) electrons. The average Bonchev–Trinajstić information content (AvgIpc) is 3.66. The number of ether oxygens (including phenoxy) is 1. The summed E-state index contributed by atoms with van der Waals surface area (Å²) >= 11 is 12.3. The van der Waals surface area contributed by atoms with Gasteiger partial charge in [0, 0.05) is 27.9 Å². The van der Waals surface area contributed by atoms with Crippen molar-refractivity contribution in [3.63, 3.8) is 0 Å². The molecule has 1 atom stereocenters. The first-order chi connectivity index (χ1) is 20.9. The first-order valence-electron chi connectivity index (χ1n) is 13.9. The lowest BCUT2D eigenvalue weighted by Gasteiger charge is -2.19. The van der Waals surface area contributed by atoms with Crippen LogP contribution in [0.15, 0.2) is 66.0 Å². The zero-order valence-electron chi connectivity index (χ0n) is 23.3. The van der Waals surface area contributed by atoms with E-state index in [0.717, 1.165) is 55.3 Å². The van der Waals surface area contributed by atoms with Crippen molar-refractivity contribution in [3.05, 3.63) is 93.1 Å². The lowest BCUT2D eigenvalue weighted by molar-refractivity contribution is 0.187. The molecule has 0 fully saturated rings. The first kappa shape index (κ1) is 28.6. The molecule has 4 heterocycles. The van der Waals surface area contributed by atoms with Crippen LogP contribution in [0.3, 0.4) is 0 Å². The lowest BCUT2D eigenvalue weighted by atomic mass is 9.97. The predicted octanol–water partition coefficient (Wildman–Crippen LogP) is 6.46. The molecule has 220 valence electrons. The number of benzene rings is 2. The minimum atomic E-state index is -0.515. The third-order valence-electron chi connectivity index (χ3n) is 7.53. The van der Waals surface area contributed by atoms with E-state index in [9.17, 15) is 9.59 Å². The van der Waals surface area contributed by atoms with Gasteiger partial charge in [-0.2, -0.15) is 0 Å². The fourth-order valence-corrected chi connectivity index (χ4v) is 5.73. The van der Waals surface area contributed by atoms with Crippen LogP contribution in [0.4, 0.5) is 10.5 Å². The summed E-state index contributed by atoms with van der Waals surface area (Å²) < 4.78 is 7.89. The molecular weight excluding hydrogens is 591 g/mol. The fourth-order valence-electron chi connectivity index (χ4n) is 5.43. The molecule has 11 nitrogen and oxygen atoms in total. The minimum Gasteiger partial charge on any atom is -0.453 e. The number of anilines is 1. The number of rotatable bonds is 4. The monoisotopic (exact) mass is 618 g/mol. The van der Waals surface area contributed by atoms with Gasteiger partial charge in [-0.05, 0) is 55.2 Å². The fraction of sp³-hybridized carbons (Fsp3) is 0.267. The Morgan fingerprint density at radius 3 is 2.70 bits per heavy atom. The van der Waals surface area contributed by atoms with E-state index in [2.05, 4.69) is 25.6 Å². The largest absolute Gasteiger partial charge is 0.453 e. The number of fused-ring (bicyclic) bond motifs is 4. The number of H-pyrrole nitrogens is 1. The van der Waals surface area contributed by atoms with E-state index in [4.69, 9.17) is 32.9 Å². The summed E-state index contributed by atoms with van der Waals surface area (Å²) in [5.74, 6) is 0.677. The van der Waals surface area contributed by atoms with Crippen molar-refractivity contribution >= 4 is 35.0 Å². The topological polar surface area (TPSA) is 133 Å². The number of aromatic nitrogens is 7. The maximum Gasteiger partial charge on any atom is 0.411 e. The van der Waals surface area contributed by atoms with Gasteiger partial charge < -0.3 is 9.72 Å². The van der Waals surface area contributed by atoms with Gasteiger partial charge in [0.05, 0.1) is 48.9 Å². The Labute approximate surface area is 256 Å². The number of hydrogen-bond acceptors (Lipinski definition) is 7. The maximum absolute atomic E-state index is 13.6. The van der Waals surface area contributed by atoms with E-state index < -0.39 is 6.09 Å². The number of amides is 1. The molecule has 1 aliphatic heterocycles. The van der Waals surface area contributed by atoms with Crippen molar-refractivity contribution in [2.75, 3.05) is 12.4 Å². The molecule has 5 aromatic rings. The molecule has 2 bridgehead atoms. The molecule has 43 heavy (non-hydrogen) atoms. The highest BCUT2D eigenvalue weighted by Crippen LogP contribution is 2.32. The predicted molar refractivity (Wildman–Crippen MR) is 164 cm³/mol. The summed E-state index contributed by atoms with van der Waals surface area (Å²) in [6.07, 6.45) is 9.95. The summed E-state index contributed by atoms with van der Waals surface area (Å²) in [6.45, 7) is 0. The van der Waals surface area contributed by atoms with Crippen LogP contribution < -0.4 is 10.9 Å². The molecular formula is C30H28Cl2N8O3. The molecule has 1 unspecified atom stereocenters. The number of hydrogen-bond donors (Lipinski definition) is 2.